The van der Waals surface area contributed by atoms with E-state index in [-0.39, 0.29) is 12.1 Å². The van der Waals surface area contributed by atoms with Gasteiger partial charge in [-0.2, -0.15) is 0 Å². The van der Waals surface area contributed by atoms with Crippen LogP contribution in [0.1, 0.15) is 74.5 Å². The summed E-state index contributed by atoms with van der Waals surface area (Å²) in [4.78, 5) is 0. The number of benzene rings is 1. The molecule has 0 aliphatic heterocycles. The largest absolute Gasteiger partial charge is 0.394 e. The molecule has 3 atom stereocenters. The van der Waals surface area contributed by atoms with Crippen LogP contribution in [0.3, 0.4) is 0 Å². The molecule has 2 aliphatic rings. The highest BCUT2D eigenvalue weighted by Crippen LogP contribution is 2.40. The Morgan fingerprint density at radius 2 is 2.12 bits per heavy atom. The van der Waals surface area contributed by atoms with E-state index < -0.39 is 0 Å². The minimum atomic E-state index is -0.363. The Kier molecular flexibility index (Phi) is 5.96. The molecular weight excluding hydrogens is 298 g/mol. The summed E-state index contributed by atoms with van der Waals surface area (Å²) in [7, 11) is 0. The molecule has 2 unspecified atom stereocenters. The SMILES string of the molecule is CCCCCOC1CCc2cc(C3CC[C@](N)(CO)C3)ccc2C1. The van der Waals surface area contributed by atoms with E-state index in [1.165, 1.54) is 36.0 Å². The lowest BCUT2D eigenvalue weighted by Gasteiger charge is -2.26. The predicted molar refractivity (Wildman–Crippen MR) is 98.3 cm³/mol. The number of hydrogen-bond donors (Lipinski definition) is 2. The van der Waals surface area contributed by atoms with Crippen LogP contribution in [0.5, 0.6) is 0 Å². The van der Waals surface area contributed by atoms with Crippen LogP contribution in [0.25, 0.3) is 0 Å². The third kappa shape index (κ3) is 4.19. The van der Waals surface area contributed by atoms with Gasteiger partial charge in [0.2, 0.25) is 0 Å². The minimum absolute atomic E-state index is 0.103. The van der Waals surface area contributed by atoms with Gasteiger partial charge in [-0.25, -0.2) is 0 Å². The number of aliphatic hydroxyl groups is 1. The molecular formula is C21H33NO2. The highest BCUT2D eigenvalue weighted by Gasteiger charge is 2.36. The number of aryl methyl sites for hydroxylation is 1. The molecule has 1 aromatic carbocycles. The Labute approximate surface area is 146 Å². The molecule has 3 N–H and O–H groups in total. The van der Waals surface area contributed by atoms with Gasteiger partial charge in [-0.3, -0.25) is 0 Å². The molecule has 3 heteroatoms. The number of ether oxygens (including phenoxy) is 1. The Balaban J connectivity index is 1.58. The van der Waals surface area contributed by atoms with Crippen molar-refractivity contribution in [3.05, 3.63) is 34.9 Å². The zero-order valence-corrected chi connectivity index (χ0v) is 15.1. The summed E-state index contributed by atoms with van der Waals surface area (Å²) in [5.41, 5.74) is 10.3. The lowest BCUT2D eigenvalue weighted by Crippen LogP contribution is -2.40. The van der Waals surface area contributed by atoms with E-state index in [4.69, 9.17) is 10.5 Å². The zero-order chi connectivity index (χ0) is 17.0. The quantitative estimate of drug-likeness (QED) is 0.749. The summed E-state index contributed by atoms with van der Waals surface area (Å²) in [5, 5.41) is 9.48. The van der Waals surface area contributed by atoms with Crippen LogP contribution in [0.2, 0.25) is 0 Å². The smallest absolute Gasteiger partial charge is 0.0618 e. The van der Waals surface area contributed by atoms with Gasteiger partial charge >= 0.3 is 0 Å². The molecule has 3 nitrogen and oxygen atoms in total. The number of nitrogens with two attached hydrogens (primary N) is 1. The third-order valence-electron chi connectivity index (χ3n) is 5.94. The van der Waals surface area contributed by atoms with Crippen LogP contribution in [0.4, 0.5) is 0 Å². The van der Waals surface area contributed by atoms with E-state index in [9.17, 15) is 5.11 Å². The molecule has 134 valence electrons. The fraction of sp³-hybridized carbons (Fsp3) is 0.714. The van der Waals surface area contributed by atoms with Gasteiger partial charge < -0.3 is 15.6 Å². The molecule has 2 aliphatic carbocycles. The molecule has 24 heavy (non-hydrogen) atoms. The van der Waals surface area contributed by atoms with Crippen molar-refractivity contribution >= 4 is 0 Å². The molecule has 0 spiro atoms. The van der Waals surface area contributed by atoms with Gasteiger partial charge in [0.1, 0.15) is 0 Å². The van der Waals surface area contributed by atoms with E-state index in [2.05, 4.69) is 25.1 Å². The number of unbranched alkanes of at least 4 members (excludes halogenated alkanes) is 2. The first-order chi connectivity index (χ1) is 11.6. The van der Waals surface area contributed by atoms with Crippen molar-refractivity contribution < 1.29 is 9.84 Å². The highest BCUT2D eigenvalue weighted by molar-refractivity contribution is 5.36. The van der Waals surface area contributed by atoms with Crippen molar-refractivity contribution in [1.29, 1.82) is 0 Å². The first-order valence-corrected chi connectivity index (χ1v) is 9.76. The van der Waals surface area contributed by atoms with Gasteiger partial charge in [0.15, 0.2) is 0 Å². The summed E-state index contributed by atoms with van der Waals surface area (Å²) in [6, 6.07) is 6.99. The van der Waals surface area contributed by atoms with E-state index in [1.54, 1.807) is 0 Å². The van der Waals surface area contributed by atoms with E-state index in [0.717, 1.165) is 45.1 Å². The third-order valence-corrected chi connectivity index (χ3v) is 5.94. The molecule has 1 aromatic rings. The summed E-state index contributed by atoms with van der Waals surface area (Å²) >= 11 is 0. The Hall–Kier alpha value is -0.900. The normalized spacial score (nSPS) is 29.6. The first-order valence-electron chi connectivity index (χ1n) is 9.76. The van der Waals surface area contributed by atoms with Gasteiger partial charge in [-0.05, 0) is 67.6 Å². The van der Waals surface area contributed by atoms with Crippen molar-refractivity contribution in [3.63, 3.8) is 0 Å². The first kappa shape index (κ1) is 17.9. The second-order valence-electron chi connectivity index (χ2n) is 7.93. The molecule has 1 fully saturated rings. The molecule has 0 bridgehead atoms. The van der Waals surface area contributed by atoms with E-state index in [1.807, 2.05) is 0 Å². The average molecular weight is 332 g/mol. The molecule has 0 heterocycles. The van der Waals surface area contributed by atoms with E-state index >= 15 is 0 Å². The van der Waals surface area contributed by atoms with Gasteiger partial charge in [0.25, 0.3) is 0 Å². The summed E-state index contributed by atoms with van der Waals surface area (Å²) in [6.45, 7) is 3.24. The molecule has 3 rings (SSSR count). The second-order valence-corrected chi connectivity index (χ2v) is 7.93. The average Bonchev–Trinajstić information content (AvgIpc) is 3.01. The number of aliphatic hydroxyl groups excluding tert-OH is 1. The molecule has 0 aromatic heterocycles. The minimum Gasteiger partial charge on any atom is -0.394 e. The van der Waals surface area contributed by atoms with Gasteiger partial charge in [0, 0.05) is 12.1 Å². The second kappa shape index (κ2) is 7.99. The molecule has 0 radical (unpaired) electrons. The van der Waals surface area contributed by atoms with Gasteiger partial charge in [0.05, 0.1) is 12.7 Å². The predicted octanol–water partition coefficient (Wildman–Crippen LogP) is 3.71. The lowest BCUT2D eigenvalue weighted by atomic mass is 9.85. The molecule has 0 amide bonds. The fourth-order valence-corrected chi connectivity index (χ4v) is 4.32. The maximum atomic E-state index is 9.48. The highest BCUT2D eigenvalue weighted by atomic mass is 16.5. The summed E-state index contributed by atoms with van der Waals surface area (Å²) in [6.07, 6.45) is 10.4. The summed E-state index contributed by atoms with van der Waals surface area (Å²) < 4.78 is 6.07. The number of rotatable bonds is 7. The number of fused-ring (bicyclic) bond motifs is 1. The lowest BCUT2D eigenvalue weighted by molar-refractivity contribution is 0.0419. The van der Waals surface area contributed by atoms with Crippen molar-refractivity contribution in [2.45, 2.75) is 82.3 Å². The van der Waals surface area contributed by atoms with Crippen LogP contribution >= 0.6 is 0 Å². The number of hydrogen-bond acceptors (Lipinski definition) is 3. The maximum absolute atomic E-state index is 9.48. The van der Waals surface area contributed by atoms with Crippen molar-refractivity contribution in [2.75, 3.05) is 13.2 Å². The van der Waals surface area contributed by atoms with Crippen molar-refractivity contribution in [3.8, 4) is 0 Å². The van der Waals surface area contributed by atoms with Crippen LogP contribution in [-0.4, -0.2) is 30.0 Å². The van der Waals surface area contributed by atoms with Crippen LogP contribution < -0.4 is 5.73 Å². The molecule has 0 saturated heterocycles. The Morgan fingerprint density at radius 1 is 1.25 bits per heavy atom. The van der Waals surface area contributed by atoms with Crippen LogP contribution in [0.15, 0.2) is 18.2 Å². The molecule has 1 saturated carbocycles. The standard InChI is InChI=1S/C21H33NO2/c1-2-3-4-11-24-20-8-7-16-12-17(5-6-18(16)13-20)19-9-10-21(22,14-19)15-23/h5-6,12,19-20,23H,2-4,7-11,13-15,22H2,1H3/t19?,20?,21-/m1/s1. The zero-order valence-electron chi connectivity index (χ0n) is 15.1. The maximum Gasteiger partial charge on any atom is 0.0618 e. The summed E-state index contributed by atoms with van der Waals surface area (Å²) in [5.74, 6) is 0.510. The van der Waals surface area contributed by atoms with Crippen LogP contribution in [0, 0.1) is 0 Å². The van der Waals surface area contributed by atoms with Gasteiger partial charge in [-0.15, -0.1) is 0 Å². The fourth-order valence-electron chi connectivity index (χ4n) is 4.32. The van der Waals surface area contributed by atoms with E-state index in [0.29, 0.717) is 12.0 Å². The topological polar surface area (TPSA) is 55.5 Å². The Morgan fingerprint density at radius 3 is 2.88 bits per heavy atom. The van der Waals surface area contributed by atoms with Crippen molar-refractivity contribution in [1.82, 2.24) is 0 Å². The Bertz CT molecular complexity index is 545. The van der Waals surface area contributed by atoms with Gasteiger partial charge in [-0.1, -0.05) is 38.0 Å². The van der Waals surface area contributed by atoms with Crippen LogP contribution in [-0.2, 0) is 17.6 Å². The van der Waals surface area contributed by atoms with Crippen molar-refractivity contribution in [2.24, 2.45) is 5.73 Å². The monoisotopic (exact) mass is 331 g/mol.